The highest BCUT2D eigenvalue weighted by Crippen LogP contribution is 2.47. The van der Waals surface area contributed by atoms with E-state index in [-0.39, 0.29) is 6.04 Å². The van der Waals surface area contributed by atoms with E-state index in [4.69, 9.17) is 9.47 Å². The van der Waals surface area contributed by atoms with Gasteiger partial charge >= 0.3 is 6.03 Å². The number of amides is 4. The first kappa shape index (κ1) is 18.5. The fraction of sp³-hybridized carbons (Fsp3) is 0.500. The fourth-order valence-electron chi connectivity index (χ4n) is 4.63. The Kier molecular flexibility index (Phi) is 4.78. The van der Waals surface area contributed by atoms with Crippen LogP contribution in [0.4, 0.5) is 10.5 Å². The Morgan fingerprint density at radius 3 is 2.61 bits per heavy atom. The third kappa shape index (κ3) is 3.12. The summed E-state index contributed by atoms with van der Waals surface area (Å²) in [7, 11) is 3.04. The molecule has 28 heavy (non-hydrogen) atoms. The second-order valence-electron chi connectivity index (χ2n) is 7.54. The maximum Gasteiger partial charge on any atom is 0.331 e. The SMILES string of the molecule is COc1ccc(OC)c(N=C[C@@H]2C(=O)NC(=O)N([C@@H]3C[C@H]4CC[C@H]3C4)C2=O)c1. The minimum atomic E-state index is -1.15. The molecule has 2 aliphatic carbocycles. The number of hydrogen-bond donors (Lipinski definition) is 1. The Bertz CT molecular complexity index is 852. The van der Waals surface area contributed by atoms with E-state index < -0.39 is 23.8 Å². The number of hydrogen-bond acceptors (Lipinski definition) is 6. The monoisotopic (exact) mass is 385 g/mol. The summed E-state index contributed by atoms with van der Waals surface area (Å²) in [5.41, 5.74) is 0.436. The van der Waals surface area contributed by atoms with Crippen LogP contribution in [-0.2, 0) is 9.59 Å². The van der Waals surface area contributed by atoms with E-state index in [2.05, 4.69) is 10.3 Å². The number of ether oxygens (including phenoxy) is 2. The molecule has 0 spiro atoms. The lowest BCUT2D eigenvalue weighted by Crippen LogP contribution is -2.62. The number of methoxy groups -OCH3 is 2. The number of fused-ring (bicyclic) bond motifs is 2. The number of carbonyl (C=O) groups is 3. The van der Waals surface area contributed by atoms with E-state index in [1.54, 1.807) is 18.2 Å². The van der Waals surface area contributed by atoms with Crippen LogP contribution in [0, 0.1) is 17.8 Å². The molecule has 4 rings (SSSR count). The maximum absolute atomic E-state index is 13.0. The molecule has 3 aliphatic rings. The van der Waals surface area contributed by atoms with Gasteiger partial charge < -0.3 is 9.47 Å². The summed E-state index contributed by atoms with van der Waals surface area (Å²) in [4.78, 5) is 43.2. The van der Waals surface area contributed by atoms with Crippen LogP contribution in [0.15, 0.2) is 23.2 Å². The van der Waals surface area contributed by atoms with Crippen LogP contribution in [0.2, 0.25) is 0 Å². The summed E-state index contributed by atoms with van der Waals surface area (Å²) in [5.74, 6) is -0.331. The lowest BCUT2D eigenvalue weighted by Gasteiger charge is -2.36. The zero-order valence-corrected chi connectivity index (χ0v) is 15.9. The summed E-state index contributed by atoms with van der Waals surface area (Å²) in [6, 6.07) is 4.34. The van der Waals surface area contributed by atoms with Crippen LogP contribution >= 0.6 is 0 Å². The first-order chi connectivity index (χ1) is 13.5. The number of urea groups is 1. The van der Waals surface area contributed by atoms with Gasteiger partial charge in [0.1, 0.15) is 17.2 Å². The van der Waals surface area contributed by atoms with Gasteiger partial charge in [0.05, 0.1) is 14.2 Å². The lowest BCUT2D eigenvalue weighted by molar-refractivity contribution is -0.141. The number of carbonyl (C=O) groups excluding carboxylic acids is 3. The smallest absolute Gasteiger partial charge is 0.331 e. The van der Waals surface area contributed by atoms with Gasteiger partial charge in [-0.05, 0) is 43.2 Å². The number of aliphatic imine (C=N–C) groups is 1. The third-order valence-electron chi connectivity index (χ3n) is 6.02. The van der Waals surface area contributed by atoms with Gasteiger partial charge in [0.15, 0.2) is 5.92 Å². The number of benzene rings is 1. The molecule has 148 valence electrons. The van der Waals surface area contributed by atoms with E-state index in [9.17, 15) is 14.4 Å². The molecule has 1 aromatic carbocycles. The molecular formula is C20H23N3O5. The molecule has 0 aromatic heterocycles. The zero-order valence-electron chi connectivity index (χ0n) is 15.9. The van der Waals surface area contributed by atoms with Gasteiger partial charge in [0, 0.05) is 18.3 Å². The Hall–Kier alpha value is -2.90. The molecule has 4 amide bonds. The van der Waals surface area contributed by atoms with Crippen LogP contribution in [0.5, 0.6) is 11.5 Å². The van der Waals surface area contributed by atoms with Crippen molar-refractivity contribution < 1.29 is 23.9 Å². The van der Waals surface area contributed by atoms with Crippen molar-refractivity contribution in [3.63, 3.8) is 0 Å². The normalized spacial score (nSPS) is 29.5. The molecule has 1 N–H and O–H groups in total. The van der Waals surface area contributed by atoms with Crippen LogP contribution in [0.25, 0.3) is 0 Å². The highest BCUT2D eigenvalue weighted by Gasteiger charge is 2.50. The Labute approximate surface area is 162 Å². The Morgan fingerprint density at radius 2 is 1.96 bits per heavy atom. The van der Waals surface area contributed by atoms with E-state index >= 15 is 0 Å². The van der Waals surface area contributed by atoms with Crippen molar-refractivity contribution in [3.8, 4) is 11.5 Å². The molecular weight excluding hydrogens is 362 g/mol. The van der Waals surface area contributed by atoms with E-state index in [1.807, 2.05) is 0 Å². The molecule has 0 radical (unpaired) electrons. The molecule has 2 bridgehead atoms. The molecule has 3 fully saturated rings. The molecule has 1 saturated heterocycles. The minimum absolute atomic E-state index is 0.124. The molecule has 1 aliphatic heterocycles. The van der Waals surface area contributed by atoms with E-state index in [0.29, 0.717) is 29.0 Å². The summed E-state index contributed by atoms with van der Waals surface area (Å²) >= 11 is 0. The van der Waals surface area contributed by atoms with Gasteiger partial charge in [-0.1, -0.05) is 6.42 Å². The first-order valence-corrected chi connectivity index (χ1v) is 9.46. The minimum Gasteiger partial charge on any atom is -0.497 e. The predicted molar refractivity (Wildman–Crippen MR) is 101 cm³/mol. The fourth-order valence-corrected chi connectivity index (χ4v) is 4.63. The number of nitrogens with one attached hydrogen (secondary N) is 1. The summed E-state index contributed by atoms with van der Waals surface area (Å²) in [6.45, 7) is 0. The Balaban J connectivity index is 1.58. The quantitative estimate of drug-likeness (QED) is 0.620. The Morgan fingerprint density at radius 1 is 1.14 bits per heavy atom. The second kappa shape index (κ2) is 7.26. The molecule has 2 saturated carbocycles. The van der Waals surface area contributed by atoms with Gasteiger partial charge in [0.2, 0.25) is 11.8 Å². The maximum atomic E-state index is 13.0. The van der Waals surface area contributed by atoms with Crippen molar-refractivity contribution >= 4 is 29.7 Å². The largest absolute Gasteiger partial charge is 0.497 e. The number of rotatable bonds is 5. The van der Waals surface area contributed by atoms with Gasteiger partial charge in [-0.2, -0.15) is 0 Å². The molecule has 4 atom stereocenters. The molecule has 0 unspecified atom stereocenters. The molecule has 8 nitrogen and oxygen atoms in total. The summed E-state index contributed by atoms with van der Waals surface area (Å²) in [5, 5.41) is 2.31. The van der Waals surface area contributed by atoms with Crippen LogP contribution in [-0.4, -0.2) is 49.2 Å². The summed E-state index contributed by atoms with van der Waals surface area (Å²) in [6.07, 6.45) is 5.34. The average molecular weight is 385 g/mol. The number of imide groups is 2. The molecule has 1 aromatic rings. The predicted octanol–water partition coefficient (Wildman–Crippen LogP) is 2.29. The van der Waals surface area contributed by atoms with Crippen molar-refractivity contribution in [1.29, 1.82) is 0 Å². The van der Waals surface area contributed by atoms with Crippen molar-refractivity contribution in [2.75, 3.05) is 14.2 Å². The van der Waals surface area contributed by atoms with E-state index in [1.165, 1.54) is 25.3 Å². The highest BCUT2D eigenvalue weighted by atomic mass is 16.5. The van der Waals surface area contributed by atoms with Gasteiger partial charge in [-0.15, -0.1) is 0 Å². The standard InChI is InChI=1S/C20H23N3O5/c1-27-13-5-6-17(28-2)15(9-13)21-10-14-18(24)22-20(26)23(19(14)25)16-8-11-3-4-12(16)7-11/h5-6,9-12,14,16H,3-4,7-8H2,1-2H3,(H,22,24,26)/t11-,12-,14+,16+/m0/s1. The van der Waals surface area contributed by atoms with Gasteiger partial charge in [-0.3, -0.25) is 24.8 Å². The average Bonchev–Trinajstić information content (AvgIpc) is 3.31. The van der Waals surface area contributed by atoms with E-state index in [0.717, 1.165) is 25.7 Å². The van der Waals surface area contributed by atoms with Gasteiger partial charge in [-0.25, -0.2) is 4.79 Å². The third-order valence-corrected chi connectivity index (χ3v) is 6.02. The first-order valence-electron chi connectivity index (χ1n) is 9.46. The van der Waals surface area contributed by atoms with Crippen molar-refractivity contribution in [2.24, 2.45) is 22.7 Å². The van der Waals surface area contributed by atoms with Crippen molar-refractivity contribution in [3.05, 3.63) is 18.2 Å². The van der Waals surface area contributed by atoms with Crippen LogP contribution in [0.1, 0.15) is 25.7 Å². The molecule has 8 heteroatoms. The van der Waals surface area contributed by atoms with Gasteiger partial charge in [0.25, 0.3) is 0 Å². The number of nitrogens with zero attached hydrogens (tertiary/aromatic N) is 2. The summed E-state index contributed by atoms with van der Waals surface area (Å²) < 4.78 is 10.5. The van der Waals surface area contributed by atoms with Crippen molar-refractivity contribution in [1.82, 2.24) is 10.2 Å². The van der Waals surface area contributed by atoms with Crippen molar-refractivity contribution in [2.45, 2.75) is 31.7 Å². The topological polar surface area (TPSA) is 97.3 Å². The van der Waals surface area contributed by atoms with Crippen LogP contribution in [0.3, 0.4) is 0 Å². The highest BCUT2D eigenvalue weighted by molar-refractivity contribution is 6.23. The zero-order chi connectivity index (χ0) is 19.8. The lowest BCUT2D eigenvalue weighted by atomic mass is 9.92. The number of barbiturate groups is 1. The molecule has 1 heterocycles. The van der Waals surface area contributed by atoms with Crippen LogP contribution < -0.4 is 14.8 Å². The second-order valence-corrected chi connectivity index (χ2v) is 7.54.